The van der Waals surface area contributed by atoms with Crippen molar-refractivity contribution < 1.29 is 23.8 Å². The number of carbonyl (C=O) groups excluding carboxylic acids is 2. The quantitative estimate of drug-likeness (QED) is 0.545. The Bertz CT molecular complexity index is 1080. The number of rotatable bonds is 6. The molecule has 0 unspecified atom stereocenters. The maximum Gasteiger partial charge on any atom is 0.182 e. The van der Waals surface area contributed by atoms with Gasteiger partial charge in [0.05, 0.1) is 37.5 Å². The van der Waals surface area contributed by atoms with Crippen LogP contribution < -0.4 is 4.74 Å². The molecule has 0 aliphatic carbocycles. The lowest BCUT2D eigenvalue weighted by Gasteiger charge is -2.39. The van der Waals surface area contributed by atoms with Gasteiger partial charge in [-0.3, -0.25) is 19.4 Å². The molecule has 3 aliphatic heterocycles. The average Bonchev–Trinajstić information content (AvgIpc) is 3.11. The Hall–Kier alpha value is -2.58. The maximum absolute atomic E-state index is 13.5. The third-order valence-electron chi connectivity index (χ3n) is 8.24. The highest BCUT2D eigenvalue weighted by Crippen LogP contribution is 2.36. The van der Waals surface area contributed by atoms with Gasteiger partial charge in [-0.05, 0) is 88.1 Å². The van der Waals surface area contributed by atoms with E-state index in [2.05, 4.69) is 9.80 Å². The molecular weight excluding hydrogens is 468 g/mol. The van der Waals surface area contributed by atoms with Crippen molar-refractivity contribution in [2.45, 2.75) is 51.6 Å². The molecule has 0 radical (unpaired) electrons. The van der Waals surface area contributed by atoms with Crippen molar-refractivity contribution in [1.29, 1.82) is 0 Å². The third kappa shape index (κ3) is 5.10. The van der Waals surface area contributed by atoms with E-state index in [0.29, 0.717) is 37.6 Å². The molecule has 2 aromatic rings. The number of fused-ring (bicyclic) bond motifs is 2. The molecule has 0 N–H and O–H groups in total. The number of aryl methyl sites for hydroxylation is 2. The third-order valence-corrected chi connectivity index (χ3v) is 8.24. The fourth-order valence-electron chi connectivity index (χ4n) is 5.66. The molecule has 5 rings (SSSR count). The second kappa shape index (κ2) is 10.3. The van der Waals surface area contributed by atoms with Crippen LogP contribution >= 0.6 is 0 Å². The zero-order chi connectivity index (χ0) is 26.2. The Labute approximate surface area is 219 Å². The summed E-state index contributed by atoms with van der Waals surface area (Å²) in [5.74, 6) is 1.76. The SMILES string of the molecule is CC(C)(C(=O)c1ccc2c(c1)CCc1cc(C(=O)C(C)(C)N3CCOCC3)ccc1O2)N1CCOCC1. The Morgan fingerprint density at radius 1 is 0.649 bits per heavy atom. The molecule has 0 spiro atoms. The van der Waals surface area contributed by atoms with Crippen LogP contribution in [-0.4, -0.2) is 85.1 Å². The first-order valence-electron chi connectivity index (χ1n) is 13.4. The Kier molecular flexibility index (Phi) is 7.24. The van der Waals surface area contributed by atoms with Crippen LogP contribution in [0.25, 0.3) is 0 Å². The highest BCUT2D eigenvalue weighted by atomic mass is 16.5. The number of nitrogens with zero attached hydrogens (tertiary/aromatic N) is 2. The van der Waals surface area contributed by atoms with E-state index in [9.17, 15) is 9.59 Å². The van der Waals surface area contributed by atoms with E-state index in [0.717, 1.165) is 61.6 Å². The van der Waals surface area contributed by atoms with Crippen LogP contribution in [-0.2, 0) is 22.3 Å². The second-order valence-corrected chi connectivity index (χ2v) is 11.2. The standard InChI is InChI=1S/C30H38N2O5/c1-29(2,31-11-15-35-16-12-31)27(33)23-7-9-25-21(19-23)5-6-22-20-24(8-10-26(22)37-25)28(34)30(3,4)32-13-17-36-18-14-32/h7-10,19-20H,5-6,11-18H2,1-4H3. The highest BCUT2D eigenvalue weighted by molar-refractivity contribution is 6.03. The van der Waals surface area contributed by atoms with E-state index in [1.165, 1.54) is 0 Å². The van der Waals surface area contributed by atoms with Crippen LogP contribution in [0.2, 0.25) is 0 Å². The first kappa shape index (κ1) is 26.0. The summed E-state index contributed by atoms with van der Waals surface area (Å²) in [5, 5.41) is 0. The van der Waals surface area contributed by atoms with E-state index in [1.54, 1.807) is 0 Å². The molecule has 37 heavy (non-hydrogen) atoms. The molecule has 7 nitrogen and oxygen atoms in total. The Balaban J connectivity index is 1.34. The van der Waals surface area contributed by atoms with Crippen molar-refractivity contribution in [3.8, 4) is 11.5 Å². The van der Waals surface area contributed by atoms with E-state index in [1.807, 2.05) is 64.1 Å². The topological polar surface area (TPSA) is 68.3 Å². The fourth-order valence-corrected chi connectivity index (χ4v) is 5.66. The van der Waals surface area contributed by atoms with Crippen molar-refractivity contribution in [3.63, 3.8) is 0 Å². The van der Waals surface area contributed by atoms with E-state index in [4.69, 9.17) is 14.2 Å². The molecule has 198 valence electrons. The van der Waals surface area contributed by atoms with Crippen molar-refractivity contribution in [3.05, 3.63) is 58.7 Å². The summed E-state index contributed by atoms with van der Waals surface area (Å²) in [6, 6.07) is 11.5. The predicted octanol–water partition coefficient (Wildman–Crippen LogP) is 4.16. The first-order chi connectivity index (χ1) is 17.7. The zero-order valence-corrected chi connectivity index (χ0v) is 22.5. The van der Waals surface area contributed by atoms with Crippen molar-refractivity contribution in [2.24, 2.45) is 0 Å². The summed E-state index contributed by atoms with van der Waals surface area (Å²) < 4.78 is 17.2. The number of hydrogen-bond donors (Lipinski definition) is 0. The minimum absolute atomic E-state index is 0.109. The molecular formula is C30H38N2O5. The minimum atomic E-state index is -0.602. The van der Waals surface area contributed by atoms with Crippen LogP contribution in [0.5, 0.6) is 11.5 Å². The largest absolute Gasteiger partial charge is 0.457 e. The van der Waals surface area contributed by atoms with Crippen molar-refractivity contribution in [1.82, 2.24) is 9.80 Å². The lowest BCUT2D eigenvalue weighted by atomic mass is 9.88. The highest BCUT2D eigenvalue weighted by Gasteiger charge is 2.37. The van der Waals surface area contributed by atoms with E-state index >= 15 is 0 Å². The van der Waals surface area contributed by atoms with Gasteiger partial charge in [-0.1, -0.05) is 0 Å². The molecule has 2 saturated heterocycles. The molecule has 0 aromatic heterocycles. The average molecular weight is 507 g/mol. The van der Waals surface area contributed by atoms with Crippen LogP contribution in [0, 0.1) is 0 Å². The number of hydrogen-bond acceptors (Lipinski definition) is 7. The van der Waals surface area contributed by atoms with Gasteiger partial charge < -0.3 is 14.2 Å². The number of carbonyl (C=O) groups is 2. The van der Waals surface area contributed by atoms with Gasteiger partial charge in [0.2, 0.25) is 0 Å². The van der Waals surface area contributed by atoms with Crippen molar-refractivity contribution in [2.75, 3.05) is 52.6 Å². The smallest absolute Gasteiger partial charge is 0.182 e. The van der Waals surface area contributed by atoms with Gasteiger partial charge in [0, 0.05) is 37.3 Å². The lowest BCUT2D eigenvalue weighted by Crippen LogP contribution is -2.54. The van der Waals surface area contributed by atoms with Crippen LogP contribution in [0.1, 0.15) is 59.5 Å². The Morgan fingerprint density at radius 2 is 1.03 bits per heavy atom. The molecule has 0 atom stereocenters. The van der Waals surface area contributed by atoms with Gasteiger partial charge in [0.25, 0.3) is 0 Å². The van der Waals surface area contributed by atoms with Gasteiger partial charge in [-0.25, -0.2) is 0 Å². The number of ether oxygens (including phenoxy) is 3. The molecule has 3 heterocycles. The van der Waals surface area contributed by atoms with Crippen LogP contribution in [0.15, 0.2) is 36.4 Å². The van der Waals surface area contributed by atoms with E-state index in [-0.39, 0.29) is 11.6 Å². The summed E-state index contributed by atoms with van der Waals surface area (Å²) in [6.07, 6.45) is 1.48. The van der Waals surface area contributed by atoms with Crippen LogP contribution in [0.3, 0.4) is 0 Å². The first-order valence-corrected chi connectivity index (χ1v) is 13.4. The maximum atomic E-state index is 13.5. The normalized spacial score (nSPS) is 19.4. The number of morpholine rings is 2. The van der Waals surface area contributed by atoms with Gasteiger partial charge in [-0.15, -0.1) is 0 Å². The molecule has 0 amide bonds. The van der Waals surface area contributed by atoms with E-state index < -0.39 is 11.1 Å². The molecule has 7 heteroatoms. The molecule has 3 aliphatic rings. The number of Topliss-reactive ketones (excluding diaryl/α,β-unsaturated/α-hetero) is 2. The summed E-state index contributed by atoms with van der Waals surface area (Å²) in [4.78, 5) is 31.5. The second-order valence-electron chi connectivity index (χ2n) is 11.2. The fraction of sp³-hybridized carbons (Fsp3) is 0.533. The lowest BCUT2D eigenvalue weighted by molar-refractivity contribution is -0.00443. The van der Waals surface area contributed by atoms with Crippen molar-refractivity contribution >= 4 is 11.6 Å². The molecule has 0 saturated carbocycles. The Morgan fingerprint density at radius 3 is 1.41 bits per heavy atom. The van der Waals surface area contributed by atoms with Crippen LogP contribution in [0.4, 0.5) is 0 Å². The zero-order valence-electron chi connectivity index (χ0n) is 22.5. The number of benzene rings is 2. The van der Waals surface area contributed by atoms with Gasteiger partial charge >= 0.3 is 0 Å². The molecule has 0 bridgehead atoms. The van der Waals surface area contributed by atoms with Gasteiger partial charge in [0.1, 0.15) is 11.5 Å². The summed E-state index contributed by atoms with van der Waals surface area (Å²) in [5.41, 5.74) is 2.23. The monoisotopic (exact) mass is 506 g/mol. The summed E-state index contributed by atoms with van der Waals surface area (Å²) >= 11 is 0. The molecule has 2 aromatic carbocycles. The minimum Gasteiger partial charge on any atom is -0.457 e. The summed E-state index contributed by atoms with van der Waals surface area (Å²) in [6.45, 7) is 13.6. The predicted molar refractivity (Wildman–Crippen MR) is 142 cm³/mol. The molecule has 2 fully saturated rings. The number of ketones is 2. The summed E-state index contributed by atoms with van der Waals surface area (Å²) in [7, 11) is 0. The van der Waals surface area contributed by atoms with Gasteiger partial charge in [0.15, 0.2) is 11.6 Å². The van der Waals surface area contributed by atoms with Gasteiger partial charge in [-0.2, -0.15) is 0 Å².